The Labute approximate surface area is 115 Å². The van der Waals surface area contributed by atoms with Crippen LogP contribution in [0.1, 0.15) is 31.2 Å². The fourth-order valence-electron chi connectivity index (χ4n) is 3.66. The fraction of sp³-hybridized carbons (Fsp3) is 0.667. The smallest absolute Gasteiger partial charge is 0.0719 e. The number of nitrogens with zero attached hydrogens (tertiary/aromatic N) is 2. The van der Waals surface area contributed by atoms with E-state index < -0.39 is 0 Å². The molecule has 0 radical (unpaired) electrons. The lowest BCUT2D eigenvalue weighted by Gasteiger charge is -2.36. The van der Waals surface area contributed by atoms with Gasteiger partial charge in [0, 0.05) is 38.6 Å². The molecule has 2 aliphatic rings. The molecular weight excluding hydrogens is 238 g/mol. The van der Waals surface area contributed by atoms with E-state index in [2.05, 4.69) is 27.3 Å². The molecule has 4 nitrogen and oxygen atoms in total. The van der Waals surface area contributed by atoms with Crippen LogP contribution in [0.5, 0.6) is 0 Å². The van der Waals surface area contributed by atoms with Crippen molar-refractivity contribution in [3.8, 4) is 0 Å². The van der Waals surface area contributed by atoms with Crippen LogP contribution in [0.25, 0.3) is 0 Å². The fourth-order valence-corrected chi connectivity index (χ4v) is 3.66. The van der Waals surface area contributed by atoms with Gasteiger partial charge in [0.05, 0.1) is 12.3 Å². The normalized spacial score (nSPS) is 30.1. The quantitative estimate of drug-likeness (QED) is 0.847. The lowest BCUT2D eigenvalue weighted by atomic mass is 9.95. The van der Waals surface area contributed by atoms with Gasteiger partial charge in [0.25, 0.3) is 0 Å². The van der Waals surface area contributed by atoms with Crippen LogP contribution in [0, 0.1) is 0 Å². The van der Waals surface area contributed by atoms with Crippen molar-refractivity contribution >= 4 is 0 Å². The van der Waals surface area contributed by atoms with Crippen LogP contribution in [-0.4, -0.2) is 41.9 Å². The van der Waals surface area contributed by atoms with Gasteiger partial charge in [0.15, 0.2) is 0 Å². The van der Waals surface area contributed by atoms with E-state index in [0.717, 1.165) is 25.7 Å². The molecule has 3 heterocycles. The zero-order valence-electron chi connectivity index (χ0n) is 11.6. The molecule has 19 heavy (non-hydrogen) atoms. The number of rotatable bonds is 6. The third kappa shape index (κ3) is 2.53. The molecule has 3 rings (SSSR count). The van der Waals surface area contributed by atoms with Crippen molar-refractivity contribution < 1.29 is 4.74 Å². The Kier molecular flexibility index (Phi) is 3.82. The molecule has 2 aliphatic heterocycles. The summed E-state index contributed by atoms with van der Waals surface area (Å²) in [4.78, 5) is 6.71. The molecule has 2 saturated heterocycles. The molecule has 0 amide bonds. The molecule has 4 heteroatoms. The summed E-state index contributed by atoms with van der Waals surface area (Å²) in [5.74, 6) is 0. The zero-order valence-corrected chi connectivity index (χ0v) is 11.6. The van der Waals surface area contributed by atoms with Gasteiger partial charge in [-0.2, -0.15) is 0 Å². The van der Waals surface area contributed by atoms with Crippen LogP contribution in [0.15, 0.2) is 24.5 Å². The summed E-state index contributed by atoms with van der Waals surface area (Å²) in [7, 11) is 1.79. The average molecular weight is 261 g/mol. The second-order valence-corrected chi connectivity index (χ2v) is 5.66. The van der Waals surface area contributed by atoms with Crippen LogP contribution in [0.3, 0.4) is 0 Å². The SMILES string of the molecule is COCCN1C2CCC1(NCc1ccncc1)CC2. The van der Waals surface area contributed by atoms with Crippen LogP contribution >= 0.6 is 0 Å². The third-order valence-corrected chi connectivity index (χ3v) is 4.68. The molecule has 2 bridgehead atoms. The first-order valence-electron chi connectivity index (χ1n) is 7.24. The largest absolute Gasteiger partial charge is 0.383 e. The minimum atomic E-state index is 0.215. The predicted molar refractivity (Wildman–Crippen MR) is 74.6 cm³/mol. The molecule has 104 valence electrons. The second kappa shape index (κ2) is 5.57. The Morgan fingerprint density at radius 1 is 1.37 bits per heavy atom. The van der Waals surface area contributed by atoms with Crippen LogP contribution in [0.4, 0.5) is 0 Å². The average Bonchev–Trinajstić information content (AvgIpc) is 2.99. The van der Waals surface area contributed by atoms with Crippen LogP contribution < -0.4 is 5.32 Å². The molecule has 1 aromatic rings. The van der Waals surface area contributed by atoms with Gasteiger partial charge in [0.2, 0.25) is 0 Å². The molecular formula is C15H23N3O. The summed E-state index contributed by atoms with van der Waals surface area (Å²) in [6.07, 6.45) is 8.92. The van der Waals surface area contributed by atoms with Crippen LogP contribution in [0.2, 0.25) is 0 Å². The van der Waals surface area contributed by atoms with E-state index >= 15 is 0 Å². The van der Waals surface area contributed by atoms with Crippen molar-refractivity contribution in [3.63, 3.8) is 0 Å². The first-order valence-corrected chi connectivity index (χ1v) is 7.24. The number of ether oxygens (including phenoxy) is 1. The van der Waals surface area contributed by atoms with E-state index in [-0.39, 0.29) is 5.66 Å². The van der Waals surface area contributed by atoms with Crippen molar-refractivity contribution in [1.82, 2.24) is 15.2 Å². The Morgan fingerprint density at radius 2 is 2.11 bits per heavy atom. The number of hydrogen-bond acceptors (Lipinski definition) is 4. The van der Waals surface area contributed by atoms with Gasteiger partial charge in [-0.25, -0.2) is 0 Å². The van der Waals surface area contributed by atoms with E-state index in [1.165, 1.54) is 31.2 Å². The van der Waals surface area contributed by atoms with E-state index in [1.54, 1.807) is 7.11 Å². The van der Waals surface area contributed by atoms with Crippen molar-refractivity contribution in [3.05, 3.63) is 30.1 Å². The molecule has 0 aliphatic carbocycles. The van der Waals surface area contributed by atoms with Gasteiger partial charge >= 0.3 is 0 Å². The Hall–Kier alpha value is -0.970. The Bertz CT molecular complexity index is 401. The predicted octanol–water partition coefficient (Wildman–Crippen LogP) is 1.77. The molecule has 0 atom stereocenters. The number of aromatic nitrogens is 1. The van der Waals surface area contributed by atoms with Gasteiger partial charge in [-0.05, 0) is 43.4 Å². The van der Waals surface area contributed by atoms with Crippen molar-refractivity contribution in [2.24, 2.45) is 0 Å². The highest BCUT2D eigenvalue weighted by Gasteiger charge is 2.50. The topological polar surface area (TPSA) is 37.4 Å². The van der Waals surface area contributed by atoms with Gasteiger partial charge in [-0.15, -0.1) is 0 Å². The summed E-state index contributed by atoms with van der Waals surface area (Å²) in [5, 5.41) is 3.80. The minimum Gasteiger partial charge on any atom is -0.383 e. The monoisotopic (exact) mass is 261 g/mol. The summed E-state index contributed by atoms with van der Waals surface area (Å²) in [6.45, 7) is 2.80. The van der Waals surface area contributed by atoms with Crippen molar-refractivity contribution in [1.29, 1.82) is 0 Å². The zero-order chi connectivity index (χ0) is 13.1. The van der Waals surface area contributed by atoms with E-state index in [1.807, 2.05) is 12.4 Å². The Balaban J connectivity index is 1.64. The first kappa shape index (κ1) is 13.0. The maximum Gasteiger partial charge on any atom is 0.0719 e. The number of nitrogens with one attached hydrogen (secondary N) is 1. The molecule has 1 N–H and O–H groups in total. The molecule has 0 spiro atoms. The molecule has 2 fully saturated rings. The molecule has 0 aromatic carbocycles. The summed E-state index contributed by atoms with van der Waals surface area (Å²) in [6, 6.07) is 4.94. The summed E-state index contributed by atoms with van der Waals surface area (Å²) < 4.78 is 5.26. The van der Waals surface area contributed by atoms with Crippen molar-refractivity contribution in [2.45, 2.75) is 43.9 Å². The number of pyridine rings is 1. The number of methoxy groups -OCH3 is 1. The maximum atomic E-state index is 5.26. The van der Waals surface area contributed by atoms with Gasteiger partial charge < -0.3 is 4.74 Å². The third-order valence-electron chi connectivity index (χ3n) is 4.68. The lowest BCUT2D eigenvalue weighted by Crippen LogP contribution is -2.53. The number of hydrogen-bond donors (Lipinski definition) is 1. The standard InChI is InChI=1S/C15H23N3O/c1-19-11-10-18-14-2-6-15(18,7-3-14)17-12-13-4-8-16-9-5-13/h4-5,8-9,14,17H,2-3,6-7,10-12H2,1H3. The number of fused-ring (bicyclic) bond motifs is 2. The minimum absolute atomic E-state index is 0.215. The summed E-state index contributed by atoms with van der Waals surface area (Å²) in [5.41, 5.74) is 1.53. The Morgan fingerprint density at radius 3 is 2.79 bits per heavy atom. The van der Waals surface area contributed by atoms with Gasteiger partial charge in [-0.1, -0.05) is 0 Å². The first-order chi connectivity index (χ1) is 9.34. The maximum absolute atomic E-state index is 5.26. The molecule has 0 saturated carbocycles. The highest BCUT2D eigenvalue weighted by molar-refractivity contribution is 5.12. The van der Waals surface area contributed by atoms with Crippen molar-refractivity contribution in [2.75, 3.05) is 20.3 Å². The van der Waals surface area contributed by atoms with Crippen LogP contribution in [-0.2, 0) is 11.3 Å². The molecule has 0 unspecified atom stereocenters. The highest BCUT2D eigenvalue weighted by atomic mass is 16.5. The van der Waals surface area contributed by atoms with Gasteiger partial charge in [-0.3, -0.25) is 15.2 Å². The summed E-state index contributed by atoms with van der Waals surface area (Å²) >= 11 is 0. The van der Waals surface area contributed by atoms with Gasteiger partial charge in [0.1, 0.15) is 0 Å². The highest BCUT2D eigenvalue weighted by Crippen LogP contribution is 2.44. The lowest BCUT2D eigenvalue weighted by molar-refractivity contribution is 0.0754. The van der Waals surface area contributed by atoms with E-state index in [0.29, 0.717) is 0 Å². The second-order valence-electron chi connectivity index (χ2n) is 5.66. The van der Waals surface area contributed by atoms with E-state index in [4.69, 9.17) is 4.74 Å². The van der Waals surface area contributed by atoms with E-state index in [9.17, 15) is 0 Å². The molecule has 1 aromatic heterocycles.